The molecule has 1 heterocycles. The molecule has 0 aromatic carbocycles. The maximum atomic E-state index is 12.7. The number of hydrogen-bond donors (Lipinski definition) is 0. The SMILES string of the molecule is CCn1cc(CN(C)C(=O)C(C)(C)C2CCCC2)cn1. The van der Waals surface area contributed by atoms with Crippen LogP contribution in [0.25, 0.3) is 0 Å². The summed E-state index contributed by atoms with van der Waals surface area (Å²) in [6.45, 7) is 7.80. The smallest absolute Gasteiger partial charge is 0.228 e. The van der Waals surface area contributed by atoms with Crippen molar-refractivity contribution in [1.82, 2.24) is 14.7 Å². The summed E-state index contributed by atoms with van der Waals surface area (Å²) in [6.07, 6.45) is 8.81. The molecule has 112 valence electrons. The Morgan fingerprint density at radius 1 is 1.45 bits per heavy atom. The van der Waals surface area contributed by atoms with Gasteiger partial charge in [-0.25, -0.2) is 0 Å². The van der Waals surface area contributed by atoms with Crippen molar-refractivity contribution in [1.29, 1.82) is 0 Å². The molecule has 1 amide bonds. The van der Waals surface area contributed by atoms with Crippen LogP contribution < -0.4 is 0 Å². The lowest BCUT2D eigenvalue weighted by molar-refractivity contribution is -0.142. The fourth-order valence-corrected chi connectivity index (χ4v) is 3.32. The largest absolute Gasteiger partial charge is 0.341 e. The Balaban J connectivity index is 2.00. The number of carbonyl (C=O) groups excluding carboxylic acids is 1. The zero-order valence-electron chi connectivity index (χ0n) is 13.2. The van der Waals surface area contributed by atoms with Crippen molar-refractivity contribution in [2.75, 3.05) is 7.05 Å². The predicted molar refractivity (Wildman–Crippen MR) is 80.1 cm³/mol. The molecule has 1 aromatic rings. The van der Waals surface area contributed by atoms with Crippen molar-refractivity contribution in [2.24, 2.45) is 11.3 Å². The lowest BCUT2D eigenvalue weighted by Gasteiger charge is -2.34. The summed E-state index contributed by atoms with van der Waals surface area (Å²) in [5.41, 5.74) is 0.858. The average Bonchev–Trinajstić information content (AvgIpc) is 3.08. The molecule has 0 N–H and O–H groups in total. The maximum Gasteiger partial charge on any atom is 0.228 e. The van der Waals surface area contributed by atoms with Crippen molar-refractivity contribution in [3.8, 4) is 0 Å². The van der Waals surface area contributed by atoms with Crippen LogP contribution in [-0.4, -0.2) is 27.6 Å². The Morgan fingerprint density at radius 3 is 2.65 bits per heavy atom. The lowest BCUT2D eigenvalue weighted by Crippen LogP contribution is -2.41. The molecule has 0 atom stereocenters. The minimum Gasteiger partial charge on any atom is -0.341 e. The topological polar surface area (TPSA) is 38.1 Å². The van der Waals surface area contributed by atoms with Gasteiger partial charge in [0, 0.05) is 37.3 Å². The first kappa shape index (κ1) is 15.1. The van der Waals surface area contributed by atoms with Gasteiger partial charge >= 0.3 is 0 Å². The summed E-state index contributed by atoms with van der Waals surface area (Å²) in [4.78, 5) is 14.6. The summed E-state index contributed by atoms with van der Waals surface area (Å²) >= 11 is 0. The van der Waals surface area contributed by atoms with Crippen LogP contribution in [0.4, 0.5) is 0 Å². The molecule has 1 saturated carbocycles. The van der Waals surface area contributed by atoms with Gasteiger partial charge in [-0.2, -0.15) is 5.10 Å². The van der Waals surface area contributed by atoms with Crippen LogP contribution in [0.5, 0.6) is 0 Å². The summed E-state index contributed by atoms with van der Waals surface area (Å²) in [5, 5.41) is 4.27. The number of aryl methyl sites for hydroxylation is 1. The van der Waals surface area contributed by atoms with Gasteiger partial charge < -0.3 is 4.90 Å². The highest BCUT2D eigenvalue weighted by molar-refractivity contribution is 5.82. The third-order valence-electron chi connectivity index (χ3n) is 4.70. The fourth-order valence-electron chi connectivity index (χ4n) is 3.32. The van der Waals surface area contributed by atoms with Crippen LogP contribution in [0.3, 0.4) is 0 Å². The van der Waals surface area contributed by atoms with Crippen molar-refractivity contribution in [2.45, 2.75) is 59.5 Å². The Bertz CT molecular complexity index is 458. The van der Waals surface area contributed by atoms with Crippen LogP contribution in [-0.2, 0) is 17.9 Å². The molecule has 1 fully saturated rings. The van der Waals surface area contributed by atoms with E-state index in [1.807, 2.05) is 29.0 Å². The van der Waals surface area contributed by atoms with Gasteiger partial charge in [0.05, 0.1) is 6.20 Å². The number of nitrogens with zero attached hydrogens (tertiary/aromatic N) is 3. The first-order valence-electron chi connectivity index (χ1n) is 7.72. The highest BCUT2D eigenvalue weighted by Gasteiger charge is 2.39. The normalized spacial score (nSPS) is 16.6. The molecule has 2 rings (SSSR count). The molecule has 4 heteroatoms. The van der Waals surface area contributed by atoms with Crippen molar-refractivity contribution in [3.63, 3.8) is 0 Å². The summed E-state index contributed by atoms with van der Waals surface area (Å²) in [5.74, 6) is 0.796. The van der Waals surface area contributed by atoms with Crippen LogP contribution >= 0.6 is 0 Å². The van der Waals surface area contributed by atoms with Gasteiger partial charge in [-0.05, 0) is 25.7 Å². The molecule has 0 saturated heterocycles. The van der Waals surface area contributed by atoms with Gasteiger partial charge in [0.15, 0.2) is 0 Å². The second-order valence-corrected chi connectivity index (χ2v) is 6.57. The molecule has 20 heavy (non-hydrogen) atoms. The Kier molecular flexibility index (Phi) is 4.51. The van der Waals surface area contributed by atoms with Gasteiger partial charge in [0.1, 0.15) is 0 Å². The standard InChI is InChI=1S/C16H27N3O/c1-5-19-12-13(10-17-19)11-18(4)15(20)16(2,3)14-8-6-7-9-14/h10,12,14H,5-9,11H2,1-4H3. The second-order valence-electron chi connectivity index (χ2n) is 6.57. The van der Waals surface area contributed by atoms with Crippen LogP contribution in [0.1, 0.15) is 52.0 Å². The van der Waals surface area contributed by atoms with Gasteiger partial charge in [0.2, 0.25) is 5.91 Å². The van der Waals surface area contributed by atoms with E-state index in [1.165, 1.54) is 25.7 Å². The van der Waals surface area contributed by atoms with E-state index in [4.69, 9.17) is 0 Å². The number of hydrogen-bond acceptors (Lipinski definition) is 2. The Labute approximate surface area is 122 Å². The maximum absolute atomic E-state index is 12.7. The molecule has 0 bridgehead atoms. The summed E-state index contributed by atoms with van der Waals surface area (Å²) < 4.78 is 1.90. The van der Waals surface area contributed by atoms with Gasteiger partial charge in [-0.1, -0.05) is 26.7 Å². The molecular weight excluding hydrogens is 250 g/mol. The minimum atomic E-state index is -0.244. The molecule has 0 aliphatic heterocycles. The minimum absolute atomic E-state index is 0.244. The van der Waals surface area contributed by atoms with Crippen molar-refractivity contribution in [3.05, 3.63) is 18.0 Å². The monoisotopic (exact) mass is 277 g/mol. The van der Waals surface area contributed by atoms with Gasteiger partial charge in [0.25, 0.3) is 0 Å². The first-order chi connectivity index (χ1) is 9.45. The molecule has 1 aromatic heterocycles. The van der Waals surface area contributed by atoms with E-state index in [-0.39, 0.29) is 11.3 Å². The first-order valence-corrected chi connectivity index (χ1v) is 7.72. The van der Waals surface area contributed by atoms with Gasteiger partial charge in [-0.3, -0.25) is 9.48 Å². The molecule has 0 spiro atoms. The summed E-state index contributed by atoms with van der Waals surface area (Å²) in [7, 11) is 1.91. The van der Waals surface area contributed by atoms with Gasteiger partial charge in [-0.15, -0.1) is 0 Å². The molecule has 1 aliphatic rings. The number of aromatic nitrogens is 2. The van der Waals surface area contributed by atoms with Crippen molar-refractivity contribution < 1.29 is 4.79 Å². The highest BCUT2D eigenvalue weighted by atomic mass is 16.2. The molecule has 0 radical (unpaired) electrons. The van der Waals surface area contributed by atoms with E-state index >= 15 is 0 Å². The Hall–Kier alpha value is -1.32. The second kappa shape index (κ2) is 5.98. The van der Waals surface area contributed by atoms with E-state index in [0.29, 0.717) is 12.5 Å². The quantitative estimate of drug-likeness (QED) is 0.829. The third-order valence-corrected chi connectivity index (χ3v) is 4.70. The molecule has 0 unspecified atom stereocenters. The van der Waals surface area contributed by atoms with Crippen LogP contribution in [0.2, 0.25) is 0 Å². The van der Waals surface area contributed by atoms with E-state index in [2.05, 4.69) is 25.9 Å². The Morgan fingerprint density at radius 2 is 2.10 bits per heavy atom. The van der Waals surface area contributed by atoms with E-state index in [1.54, 1.807) is 0 Å². The van der Waals surface area contributed by atoms with Crippen molar-refractivity contribution >= 4 is 5.91 Å². The lowest BCUT2D eigenvalue weighted by atomic mass is 9.76. The van der Waals surface area contributed by atoms with E-state index < -0.39 is 0 Å². The van der Waals surface area contributed by atoms with E-state index in [9.17, 15) is 4.79 Å². The molecular formula is C16H27N3O. The molecule has 1 aliphatic carbocycles. The fraction of sp³-hybridized carbons (Fsp3) is 0.750. The zero-order valence-corrected chi connectivity index (χ0v) is 13.2. The summed E-state index contributed by atoms with van der Waals surface area (Å²) in [6, 6.07) is 0. The van der Waals surface area contributed by atoms with Crippen LogP contribution in [0, 0.1) is 11.3 Å². The third kappa shape index (κ3) is 3.05. The van der Waals surface area contributed by atoms with E-state index in [0.717, 1.165) is 12.1 Å². The number of carbonyl (C=O) groups is 1. The number of amides is 1. The highest BCUT2D eigenvalue weighted by Crippen LogP contribution is 2.40. The number of rotatable bonds is 5. The predicted octanol–water partition coefficient (Wildman–Crippen LogP) is 3.08. The zero-order chi connectivity index (χ0) is 14.8. The molecule has 4 nitrogen and oxygen atoms in total. The van der Waals surface area contributed by atoms with Crippen LogP contribution in [0.15, 0.2) is 12.4 Å². The average molecular weight is 277 g/mol.